The van der Waals surface area contributed by atoms with E-state index in [-0.39, 0.29) is 0 Å². The topological polar surface area (TPSA) is 0 Å². The highest BCUT2D eigenvalue weighted by atomic mass is 14.0. The molecule has 2 heteroatoms. The largest absolute Gasteiger partial charge is 0.0744 e. The lowest BCUT2D eigenvalue weighted by Crippen LogP contribution is -2.23. The molecule has 56 valence electrons. The maximum Gasteiger partial charge on any atom is 0.0735 e. The summed E-state index contributed by atoms with van der Waals surface area (Å²) in [6, 6.07) is 0. The molecule has 0 bridgehead atoms. The smallest absolute Gasteiger partial charge is 0.0735 e. The zero-order chi connectivity index (χ0) is 8.41. The van der Waals surface area contributed by atoms with Crippen molar-refractivity contribution in [1.29, 1.82) is 0 Å². The maximum atomic E-state index is 2.27. The van der Waals surface area contributed by atoms with Crippen LogP contribution in [0.2, 0.25) is 10.6 Å². The van der Waals surface area contributed by atoms with Crippen molar-refractivity contribution in [3.05, 3.63) is 0 Å². The molecular weight excluding hydrogens is 118 g/mol. The molecule has 0 aliphatic carbocycles. The van der Waals surface area contributed by atoms with E-state index in [1.165, 1.54) is 0 Å². The normalized spacial score (nSPS) is 13.0. The summed E-state index contributed by atoms with van der Waals surface area (Å²) in [5, 5.41) is 0.653. The molecule has 0 aliphatic heterocycles. The molecule has 0 aromatic carbocycles. The molecule has 2 radical (unpaired) electrons. The number of hydrogen-bond acceptors (Lipinski definition) is 0. The summed E-state index contributed by atoms with van der Waals surface area (Å²) in [5.74, 6) is 0. The molecule has 0 atom stereocenters. The second-order valence-corrected chi connectivity index (χ2v) is 5.07. The fourth-order valence-corrected chi connectivity index (χ4v) is 0.500. The van der Waals surface area contributed by atoms with Gasteiger partial charge in [0.1, 0.15) is 0 Å². The van der Waals surface area contributed by atoms with Crippen LogP contribution in [0.25, 0.3) is 0 Å². The molecule has 10 heavy (non-hydrogen) atoms. The van der Waals surface area contributed by atoms with Crippen molar-refractivity contribution < 1.29 is 0 Å². The van der Waals surface area contributed by atoms with Gasteiger partial charge in [-0.3, -0.25) is 0 Å². The van der Waals surface area contributed by atoms with E-state index in [9.17, 15) is 0 Å². The van der Waals surface area contributed by atoms with Gasteiger partial charge in [-0.15, -0.1) is 0 Å². The molecule has 0 aliphatic rings. The molecule has 0 saturated carbocycles. The Morgan fingerprint density at radius 2 is 0.800 bits per heavy atom. The molecule has 0 nitrogen and oxygen atoms in total. The molecule has 0 amide bonds. The van der Waals surface area contributed by atoms with Crippen LogP contribution in [0, 0.1) is 0 Å². The zero-order valence-corrected chi connectivity index (χ0v) is 8.15. The monoisotopic (exact) mass is 136 g/mol. The van der Waals surface area contributed by atoms with Crippen molar-refractivity contribution in [2.75, 3.05) is 0 Å². The summed E-state index contributed by atoms with van der Waals surface area (Å²) in [6.07, 6.45) is 0. The highest BCUT2D eigenvalue weighted by molar-refractivity contribution is 7.03. The van der Waals surface area contributed by atoms with E-state index in [2.05, 4.69) is 55.9 Å². The van der Waals surface area contributed by atoms with Gasteiger partial charge in [-0.1, -0.05) is 52.2 Å². The van der Waals surface area contributed by atoms with Crippen molar-refractivity contribution in [3.63, 3.8) is 0 Å². The van der Waals surface area contributed by atoms with Gasteiger partial charge in [0.15, 0.2) is 0 Å². The SMILES string of the molecule is CC(C)(C)[B][B]C(C)(C)C. The third kappa shape index (κ3) is 8.13. The van der Waals surface area contributed by atoms with Gasteiger partial charge in [0.2, 0.25) is 0 Å². The van der Waals surface area contributed by atoms with E-state index in [4.69, 9.17) is 0 Å². The van der Waals surface area contributed by atoms with Crippen LogP contribution in [0.5, 0.6) is 0 Å². The summed E-state index contributed by atoms with van der Waals surface area (Å²) >= 11 is 0. The van der Waals surface area contributed by atoms with Crippen molar-refractivity contribution in [3.8, 4) is 0 Å². The minimum Gasteiger partial charge on any atom is -0.0744 e. The number of hydrogen-bond donors (Lipinski definition) is 0. The van der Waals surface area contributed by atoms with Crippen LogP contribution < -0.4 is 0 Å². The van der Waals surface area contributed by atoms with Crippen LogP contribution in [0.4, 0.5) is 0 Å². The van der Waals surface area contributed by atoms with Crippen LogP contribution in [-0.4, -0.2) is 14.3 Å². The Labute approximate surface area is 67.3 Å². The highest BCUT2D eigenvalue weighted by Gasteiger charge is 2.18. The molecule has 0 aromatic rings. The van der Waals surface area contributed by atoms with Crippen LogP contribution in [-0.2, 0) is 0 Å². The third-order valence-corrected chi connectivity index (χ3v) is 1.08. The summed E-state index contributed by atoms with van der Waals surface area (Å²) in [6.45, 7) is 13.3. The van der Waals surface area contributed by atoms with Gasteiger partial charge in [-0.05, 0) is 0 Å². The van der Waals surface area contributed by atoms with Crippen molar-refractivity contribution in [2.45, 2.75) is 52.2 Å². The van der Waals surface area contributed by atoms with Gasteiger partial charge in [-0.25, -0.2) is 0 Å². The Hall–Kier alpha value is 0.130. The Morgan fingerprint density at radius 1 is 0.600 bits per heavy atom. The average molecular weight is 136 g/mol. The Morgan fingerprint density at radius 3 is 0.900 bits per heavy atom. The molecule has 0 rings (SSSR count). The molecule has 0 saturated heterocycles. The van der Waals surface area contributed by atoms with Gasteiger partial charge in [0.25, 0.3) is 0 Å². The molecule has 0 aromatic heterocycles. The first-order valence-corrected chi connectivity index (χ1v) is 3.91. The predicted octanol–water partition coefficient (Wildman–Crippen LogP) is 2.75. The maximum absolute atomic E-state index is 2.27. The van der Waals surface area contributed by atoms with E-state index in [1.807, 2.05) is 0 Å². The van der Waals surface area contributed by atoms with Crippen molar-refractivity contribution >= 4 is 14.3 Å². The first-order valence-electron chi connectivity index (χ1n) is 3.91. The van der Waals surface area contributed by atoms with Crippen molar-refractivity contribution in [2.24, 2.45) is 0 Å². The van der Waals surface area contributed by atoms with Gasteiger partial charge in [-0.2, -0.15) is 0 Å². The summed E-state index contributed by atoms with van der Waals surface area (Å²) in [4.78, 5) is 0. The van der Waals surface area contributed by atoms with E-state index >= 15 is 0 Å². The average Bonchev–Trinajstić information content (AvgIpc) is 1.57. The summed E-state index contributed by atoms with van der Waals surface area (Å²) < 4.78 is 0. The Kier molecular flexibility index (Phi) is 3.06. The fourth-order valence-electron chi connectivity index (χ4n) is 0.500. The Bertz CT molecular complexity index is 80.8. The van der Waals surface area contributed by atoms with E-state index in [1.54, 1.807) is 0 Å². The van der Waals surface area contributed by atoms with Crippen LogP contribution in [0.1, 0.15) is 41.5 Å². The van der Waals surface area contributed by atoms with E-state index in [0.29, 0.717) is 10.6 Å². The minimum atomic E-state index is 0.327. The summed E-state index contributed by atoms with van der Waals surface area (Å²) in [7, 11) is 4.54. The van der Waals surface area contributed by atoms with Gasteiger partial charge in [0.05, 0.1) is 14.3 Å². The molecule has 0 fully saturated rings. The van der Waals surface area contributed by atoms with E-state index in [0.717, 1.165) is 0 Å². The van der Waals surface area contributed by atoms with Crippen molar-refractivity contribution in [1.82, 2.24) is 0 Å². The van der Waals surface area contributed by atoms with Gasteiger partial charge < -0.3 is 0 Å². The zero-order valence-electron chi connectivity index (χ0n) is 8.15. The predicted molar refractivity (Wildman–Crippen MR) is 50.9 cm³/mol. The van der Waals surface area contributed by atoms with Crippen LogP contribution in [0.15, 0.2) is 0 Å². The third-order valence-electron chi connectivity index (χ3n) is 1.08. The van der Waals surface area contributed by atoms with Crippen LogP contribution >= 0.6 is 0 Å². The molecule has 0 unspecified atom stereocenters. The Balaban J connectivity index is 3.56. The summed E-state index contributed by atoms with van der Waals surface area (Å²) in [5.41, 5.74) is 0. The van der Waals surface area contributed by atoms with Gasteiger partial charge in [0, 0.05) is 0 Å². The number of rotatable bonds is 1. The molecule has 0 N–H and O–H groups in total. The first-order chi connectivity index (χ1) is 4.21. The second kappa shape index (κ2) is 3.02. The molecular formula is C8H18B2. The molecule has 0 spiro atoms. The lowest BCUT2D eigenvalue weighted by Gasteiger charge is -2.23. The first kappa shape index (κ1) is 10.1. The minimum absolute atomic E-state index is 0.327. The second-order valence-electron chi connectivity index (χ2n) is 5.07. The quantitative estimate of drug-likeness (QED) is 0.486. The lowest BCUT2D eigenvalue weighted by atomic mass is 9.23. The van der Waals surface area contributed by atoms with Gasteiger partial charge >= 0.3 is 0 Å². The standard InChI is InChI=1S/C8H18B2/c1-7(2,3)9-10-8(4,5)6/h1-6H3. The fraction of sp³-hybridized carbons (Fsp3) is 1.00. The van der Waals surface area contributed by atoms with Crippen LogP contribution in [0.3, 0.4) is 0 Å². The molecule has 0 heterocycles. The lowest BCUT2D eigenvalue weighted by molar-refractivity contribution is 0.742. The van der Waals surface area contributed by atoms with E-state index < -0.39 is 0 Å². The highest BCUT2D eigenvalue weighted by Crippen LogP contribution is 2.26.